The smallest absolute Gasteiger partial charge is 0.0635 e. The Morgan fingerprint density at radius 1 is 1.21 bits per heavy atom. The van der Waals surface area contributed by atoms with Gasteiger partial charge in [-0.3, -0.25) is 0 Å². The fraction of sp³-hybridized carbons (Fsp3) is 0.455. The molecule has 14 heavy (non-hydrogen) atoms. The molecule has 0 saturated carbocycles. The van der Waals surface area contributed by atoms with Crippen molar-refractivity contribution in [1.29, 1.82) is 0 Å². The lowest BCUT2D eigenvalue weighted by Crippen LogP contribution is -2.35. The van der Waals surface area contributed by atoms with E-state index in [4.69, 9.17) is 10.2 Å². The summed E-state index contributed by atoms with van der Waals surface area (Å²) in [6, 6.07) is 9.83. The van der Waals surface area contributed by atoms with Gasteiger partial charge in [0, 0.05) is 19.3 Å². The van der Waals surface area contributed by atoms with Gasteiger partial charge in [-0.25, -0.2) is 0 Å². The molecule has 0 aromatic heterocycles. The zero-order chi connectivity index (χ0) is 10.4. The van der Waals surface area contributed by atoms with Crippen LogP contribution in [-0.2, 0) is 0 Å². The van der Waals surface area contributed by atoms with Crippen molar-refractivity contribution in [3.8, 4) is 0 Å². The molecule has 0 aliphatic rings. The molecule has 3 heteroatoms. The Labute approximate surface area is 84.6 Å². The van der Waals surface area contributed by atoms with E-state index in [9.17, 15) is 0 Å². The third kappa shape index (κ3) is 2.72. The normalized spacial score (nSPS) is 12.5. The molecule has 1 aromatic rings. The van der Waals surface area contributed by atoms with E-state index < -0.39 is 0 Å². The van der Waals surface area contributed by atoms with Crippen LogP contribution in [0, 0.1) is 0 Å². The fourth-order valence-electron chi connectivity index (χ4n) is 1.43. The van der Waals surface area contributed by atoms with Gasteiger partial charge in [0.2, 0.25) is 0 Å². The van der Waals surface area contributed by atoms with E-state index in [1.807, 2.05) is 42.3 Å². The number of hydrogen-bond acceptors (Lipinski definition) is 3. The van der Waals surface area contributed by atoms with Crippen LogP contribution in [0.5, 0.6) is 0 Å². The van der Waals surface area contributed by atoms with E-state index in [-0.39, 0.29) is 19.3 Å². The van der Waals surface area contributed by atoms with Crippen LogP contribution in [0.4, 0.5) is 5.69 Å². The van der Waals surface area contributed by atoms with Crippen molar-refractivity contribution in [3.05, 3.63) is 30.3 Å². The number of aliphatic hydroxyl groups excluding tert-OH is 2. The molecule has 1 unspecified atom stereocenters. The standard InChI is InChI=1S/C11H17NO2/c1-12(11(9-14)7-8-13)10-5-3-2-4-6-10/h2-6,11,13-14H,7-9H2,1H3. The Hall–Kier alpha value is -1.06. The summed E-state index contributed by atoms with van der Waals surface area (Å²) < 4.78 is 0. The summed E-state index contributed by atoms with van der Waals surface area (Å²) in [5, 5.41) is 18.0. The number of likely N-dealkylation sites (N-methyl/N-ethyl adjacent to an activating group) is 1. The van der Waals surface area contributed by atoms with Crippen molar-refractivity contribution in [2.45, 2.75) is 12.5 Å². The molecule has 0 fully saturated rings. The van der Waals surface area contributed by atoms with Crippen LogP contribution in [0.2, 0.25) is 0 Å². The number of rotatable bonds is 5. The van der Waals surface area contributed by atoms with Crippen molar-refractivity contribution in [3.63, 3.8) is 0 Å². The first-order valence-corrected chi connectivity index (χ1v) is 4.79. The molecule has 0 radical (unpaired) electrons. The van der Waals surface area contributed by atoms with Crippen molar-refractivity contribution in [2.75, 3.05) is 25.2 Å². The summed E-state index contributed by atoms with van der Waals surface area (Å²) in [5.74, 6) is 0. The number of anilines is 1. The van der Waals surface area contributed by atoms with Crippen LogP contribution in [0.15, 0.2) is 30.3 Å². The van der Waals surface area contributed by atoms with Gasteiger partial charge in [-0.15, -0.1) is 0 Å². The van der Waals surface area contributed by atoms with Crippen molar-refractivity contribution < 1.29 is 10.2 Å². The highest BCUT2D eigenvalue weighted by atomic mass is 16.3. The number of nitrogens with zero attached hydrogens (tertiary/aromatic N) is 1. The highest BCUT2D eigenvalue weighted by molar-refractivity contribution is 5.46. The monoisotopic (exact) mass is 195 g/mol. The summed E-state index contributed by atoms with van der Waals surface area (Å²) in [6.45, 7) is 0.161. The van der Waals surface area contributed by atoms with Crippen LogP contribution < -0.4 is 4.90 Å². The molecule has 1 rings (SSSR count). The van der Waals surface area contributed by atoms with Gasteiger partial charge in [0.05, 0.1) is 12.6 Å². The lowest BCUT2D eigenvalue weighted by molar-refractivity contribution is 0.218. The second-order valence-electron chi connectivity index (χ2n) is 3.30. The van der Waals surface area contributed by atoms with E-state index in [1.54, 1.807) is 0 Å². The van der Waals surface area contributed by atoms with Crippen LogP contribution in [0.1, 0.15) is 6.42 Å². The Morgan fingerprint density at radius 2 is 1.86 bits per heavy atom. The Bertz CT molecular complexity index is 251. The van der Waals surface area contributed by atoms with Crippen molar-refractivity contribution >= 4 is 5.69 Å². The van der Waals surface area contributed by atoms with Crippen LogP contribution >= 0.6 is 0 Å². The predicted molar refractivity (Wildman–Crippen MR) is 57.4 cm³/mol. The summed E-state index contributed by atoms with van der Waals surface area (Å²) >= 11 is 0. The van der Waals surface area contributed by atoms with Gasteiger partial charge < -0.3 is 15.1 Å². The number of hydrogen-bond donors (Lipinski definition) is 2. The number of benzene rings is 1. The van der Waals surface area contributed by atoms with Crippen molar-refractivity contribution in [2.24, 2.45) is 0 Å². The summed E-state index contributed by atoms with van der Waals surface area (Å²) in [5.41, 5.74) is 1.06. The molecule has 0 aliphatic heterocycles. The zero-order valence-electron chi connectivity index (χ0n) is 8.43. The Kier molecular flexibility index (Phi) is 4.43. The van der Waals surface area contributed by atoms with Gasteiger partial charge in [0.1, 0.15) is 0 Å². The maximum atomic E-state index is 9.14. The average molecular weight is 195 g/mol. The quantitative estimate of drug-likeness (QED) is 0.732. The minimum atomic E-state index is -0.0117. The molecule has 0 bridgehead atoms. The molecular weight excluding hydrogens is 178 g/mol. The third-order valence-electron chi connectivity index (χ3n) is 2.38. The maximum Gasteiger partial charge on any atom is 0.0635 e. The van der Waals surface area contributed by atoms with E-state index in [2.05, 4.69) is 0 Å². The lowest BCUT2D eigenvalue weighted by atomic mass is 10.2. The molecule has 0 heterocycles. The molecule has 1 aromatic carbocycles. The van der Waals surface area contributed by atoms with E-state index >= 15 is 0 Å². The van der Waals surface area contributed by atoms with Gasteiger partial charge in [-0.05, 0) is 18.6 Å². The van der Waals surface area contributed by atoms with Crippen molar-refractivity contribution in [1.82, 2.24) is 0 Å². The van der Waals surface area contributed by atoms with Crippen LogP contribution in [0.3, 0.4) is 0 Å². The van der Waals surface area contributed by atoms with Gasteiger partial charge in [-0.2, -0.15) is 0 Å². The van der Waals surface area contributed by atoms with Gasteiger partial charge >= 0.3 is 0 Å². The molecule has 0 spiro atoms. The van der Waals surface area contributed by atoms with E-state index in [1.165, 1.54) is 0 Å². The third-order valence-corrected chi connectivity index (χ3v) is 2.38. The fourth-order valence-corrected chi connectivity index (χ4v) is 1.43. The first-order chi connectivity index (χ1) is 6.79. The highest BCUT2D eigenvalue weighted by Crippen LogP contribution is 2.15. The van der Waals surface area contributed by atoms with Crippen LogP contribution in [-0.4, -0.2) is 36.5 Å². The molecule has 78 valence electrons. The first kappa shape index (κ1) is 11.0. The minimum Gasteiger partial charge on any atom is -0.396 e. The van der Waals surface area contributed by atoms with Gasteiger partial charge in [0.15, 0.2) is 0 Å². The average Bonchev–Trinajstić information content (AvgIpc) is 2.26. The van der Waals surface area contributed by atoms with Gasteiger partial charge in [0.25, 0.3) is 0 Å². The van der Waals surface area contributed by atoms with E-state index in [0.29, 0.717) is 6.42 Å². The lowest BCUT2D eigenvalue weighted by Gasteiger charge is -2.28. The summed E-state index contributed by atoms with van der Waals surface area (Å²) in [7, 11) is 1.92. The summed E-state index contributed by atoms with van der Waals surface area (Å²) in [6.07, 6.45) is 0.585. The van der Waals surface area contributed by atoms with Gasteiger partial charge in [-0.1, -0.05) is 18.2 Å². The second-order valence-corrected chi connectivity index (χ2v) is 3.30. The minimum absolute atomic E-state index is 0.0117. The molecule has 0 amide bonds. The number of para-hydroxylation sites is 1. The van der Waals surface area contributed by atoms with E-state index in [0.717, 1.165) is 5.69 Å². The Morgan fingerprint density at radius 3 is 2.36 bits per heavy atom. The molecular formula is C11H17NO2. The summed E-state index contributed by atoms with van der Waals surface area (Å²) in [4.78, 5) is 1.98. The largest absolute Gasteiger partial charge is 0.396 e. The second kappa shape index (κ2) is 5.62. The molecule has 0 saturated heterocycles. The molecule has 0 aliphatic carbocycles. The number of aliphatic hydroxyl groups is 2. The Balaban J connectivity index is 2.67. The predicted octanol–water partition coefficient (Wildman–Crippen LogP) is 0.866. The first-order valence-electron chi connectivity index (χ1n) is 4.79. The SMILES string of the molecule is CN(c1ccccc1)C(CO)CCO. The molecule has 2 N–H and O–H groups in total. The zero-order valence-corrected chi connectivity index (χ0v) is 8.43. The molecule has 3 nitrogen and oxygen atoms in total. The van der Waals surface area contributed by atoms with Crippen LogP contribution in [0.25, 0.3) is 0 Å². The topological polar surface area (TPSA) is 43.7 Å². The maximum absolute atomic E-state index is 9.14. The highest BCUT2D eigenvalue weighted by Gasteiger charge is 2.12. The molecule has 1 atom stereocenters.